The lowest BCUT2D eigenvalue weighted by molar-refractivity contribution is 0.304. The molecular formula is C21H23N3S. The van der Waals surface area contributed by atoms with Crippen LogP contribution in [0.15, 0.2) is 41.8 Å². The van der Waals surface area contributed by atoms with Crippen molar-refractivity contribution < 1.29 is 0 Å². The predicted molar refractivity (Wildman–Crippen MR) is 105 cm³/mol. The molecule has 5 rings (SSSR count). The normalized spacial score (nSPS) is 26.2. The van der Waals surface area contributed by atoms with Crippen LogP contribution in [0.4, 0.5) is 5.82 Å². The van der Waals surface area contributed by atoms with Crippen LogP contribution in [0.5, 0.6) is 0 Å². The molecule has 3 aromatic rings. The molecule has 2 bridgehead atoms. The zero-order valence-electron chi connectivity index (χ0n) is 14.5. The number of hydrogen-bond acceptors (Lipinski definition) is 4. The predicted octanol–water partition coefficient (Wildman–Crippen LogP) is 5.59. The number of rotatable bonds is 4. The van der Waals surface area contributed by atoms with E-state index < -0.39 is 0 Å². The van der Waals surface area contributed by atoms with Crippen LogP contribution in [0.3, 0.4) is 0 Å². The number of nitrogens with one attached hydrogen (secondary N) is 1. The smallest absolute Gasteiger partial charge is 0.172 e. The molecule has 0 unspecified atom stereocenters. The van der Waals surface area contributed by atoms with Crippen LogP contribution >= 0.6 is 11.3 Å². The number of fused-ring (bicyclic) bond motifs is 3. The van der Waals surface area contributed by atoms with E-state index in [1.54, 1.807) is 11.3 Å². The Morgan fingerprint density at radius 2 is 2.00 bits per heavy atom. The molecule has 1 N–H and O–H groups in total. The minimum Gasteiger partial charge on any atom is -0.367 e. The molecule has 128 valence electrons. The van der Waals surface area contributed by atoms with Gasteiger partial charge in [-0.2, -0.15) is 0 Å². The van der Waals surface area contributed by atoms with Gasteiger partial charge in [0, 0.05) is 11.4 Å². The van der Waals surface area contributed by atoms with E-state index in [-0.39, 0.29) is 0 Å². The fraction of sp³-hybridized carbons (Fsp3) is 0.429. The van der Waals surface area contributed by atoms with Crippen molar-refractivity contribution in [3.8, 4) is 10.7 Å². The summed E-state index contributed by atoms with van der Waals surface area (Å²) in [5.74, 6) is 4.50. The molecular weight excluding hydrogens is 326 g/mol. The van der Waals surface area contributed by atoms with E-state index in [9.17, 15) is 0 Å². The molecule has 2 heterocycles. The largest absolute Gasteiger partial charge is 0.367 e. The molecule has 0 amide bonds. The lowest BCUT2D eigenvalue weighted by Crippen LogP contribution is -2.30. The highest BCUT2D eigenvalue weighted by Crippen LogP contribution is 2.50. The van der Waals surface area contributed by atoms with Crippen LogP contribution in [0, 0.1) is 17.8 Å². The first-order valence-electron chi connectivity index (χ1n) is 9.35. The minimum absolute atomic E-state index is 0.463. The number of nitrogens with zero attached hydrogens (tertiary/aromatic N) is 2. The monoisotopic (exact) mass is 349 g/mol. The van der Waals surface area contributed by atoms with E-state index in [0.717, 1.165) is 45.2 Å². The van der Waals surface area contributed by atoms with Gasteiger partial charge in [0.05, 0.1) is 10.4 Å². The molecule has 2 aromatic heterocycles. The number of aromatic nitrogens is 2. The summed E-state index contributed by atoms with van der Waals surface area (Å²) in [6, 6.07) is 13.0. The lowest BCUT2D eigenvalue weighted by atomic mass is 9.84. The van der Waals surface area contributed by atoms with E-state index in [1.165, 1.54) is 25.7 Å². The van der Waals surface area contributed by atoms with E-state index in [2.05, 4.69) is 54.0 Å². The van der Waals surface area contributed by atoms with Crippen molar-refractivity contribution in [3.63, 3.8) is 0 Å². The molecule has 25 heavy (non-hydrogen) atoms. The first kappa shape index (κ1) is 15.3. The highest BCUT2D eigenvalue weighted by Gasteiger charge is 2.41. The maximum absolute atomic E-state index is 4.91. The maximum Gasteiger partial charge on any atom is 0.172 e. The van der Waals surface area contributed by atoms with E-state index in [0.29, 0.717) is 6.04 Å². The first-order chi connectivity index (χ1) is 12.3. The van der Waals surface area contributed by atoms with Gasteiger partial charge >= 0.3 is 0 Å². The third-order valence-corrected chi connectivity index (χ3v) is 7.01. The van der Waals surface area contributed by atoms with Crippen molar-refractivity contribution in [2.45, 2.75) is 38.6 Å². The summed E-state index contributed by atoms with van der Waals surface area (Å²) in [6.45, 7) is 2.34. The van der Waals surface area contributed by atoms with Crippen LogP contribution in [0.2, 0.25) is 0 Å². The second-order valence-corrected chi connectivity index (χ2v) is 8.61. The Hall–Kier alpha value is -1.94. The fourth-order valence-electron chi connectivity index (χ4n) is 4.93. The Morgan fingerprint density at radius 3 is 2.76 bits per heavy atom. The maximum atomic E-state index is 4.91. The molecule has 2 saturated carbocycles. The van der Waals surface area contributed by atoms with Gasteiger partial charge in [-0.15, -0.1) is 11.3 Å². The van der Waals surface area contributed by atoms with Crippen LogP contribution in [0.25, 0.3) is 21.6 Å². The number of thiophene rings is 1. The quantitative estimate of drug-likeness (QED) is 0.667. The van der Waals surface area contributed by atoms with Gasteiger partial charge < -0.3 is 5.32 Å². The molecule has 0 radical (unpaired) electrons. The third-order valence-electron chi connectivity index (χ3n) is 6.14. The number of anilines is 1. The van der Waals surface area contributed by atoms with Crippen LogP contribution in [-0.4, -0.2) is 16.0 Å². The Kier molecular flexibility index (Phi) is 3.74. The molecule has 2 aliphatic carbocycles. The molecule has 4 heteroatoms. The molecule has 3 nitrogen and oxygen atoms in total. The standard InChI is InChI=1S/C21H23N3S/c1-13(17-12-14-8-9-15(17)11-14)22-20-16-5-2-3-6-18(16)23-21(24-20)19-7-4-10-25-19/h2-7,10,13-15,17H,8-9,11-12H2,1H3,(H,22,23,24)/t13-,14-,15-,17-/m0/s1. The van der Waals surface area contributed by atoms with Gasteiger partial charge in [-0.1, -0.05) is 24.6 Å². The van der Waals surface area contributed by atoms with Gasteiger partial charge in [0.2, 0.25) is 0 Å². The highest BCUT2D eigenvalue weighted by molar-refractivity contribution is 7.13. The number of para-hydroxylation sites is 1. The summed E-state index contributed by atoms with van der Waals surface area (Å²) in [4.78, 5) is 10.8. The summed E-state index contributed by atoms with van der Waals surface area (Å²) in [5.41, 5.74) is 1.02. The van der Waals surface area contributed by atoms with Gasteiger partial charge in [-0.3, -0.25) is 0 Å². The third kappa shape index (κ3) is 2.73. The van der Waals surface area contributed by atoms with Gasteiger partial charge in [0.25, 0.3) is 0 Å². The Bertz CT molecular complexity index is 889. The lowest BCUT2D eigenvalue weighted by Gasteiger charge is -2.29. The van der Waals surface area contributed by atoms with Gasteiger partial charge in [-0.05, 0) is 67.5 Å². The summed E-state index contributed by atoms with van der Waals surface area (Å²) in [5, 5.41) is 6.97. The van der Waals surface area contributed by atoms with Crippen molar-refractivity contribution in [2.75, 3.05) is 5.32 Å². The summed E-state index contributed by atoms with van der Waals surface area (Å²) in [7, 11) is 0. The summed E-state index contributed by atoms with van der Waals surface area (Å²) in [6.07, 6.45) is 5.71. The molecule has 0 spiro atoms. The zero-order chi connectivity index (χ0) is 16.8. The van der Waals surface area contributed by atoms with Crippen molar-refractivity contribution in [2.24, 2.45) is 17.8 Å². The number of hydrogen-bond donors (Lipinski definition) is 1. The Balaban J connectivity index is 1.51. The second-order valence-electron chi connectivity index (χ2n) is 7.66. The Labute approximate surface area is 152 Å². The van der Waals surface area contributed by atoms with E-state index in [4.69, 9.17) is 9.97 Å². The molecule has 2 aliphatic rings. The topological polar surface area (TPSA) is 37.8 Å². The molecule has 1 aromatic carbocycles. The number of benzene rings is 1. The van der Waals surface area contributed by atoms with Gasteiger partial charge in [-0.25, -0.2) is 9.97 Å². The van der Waals surface area contributed by atoms with Crippen LogP contribution in [-0.2, 0) is 0 Å². The van der Waals surface area contributed by atoms with Crippen LogP contribution in [0.1, 0.15) is 32.6 Å². The molecule has 2 fully saturated rings. The second kappa shape index (κ2) is 6.10. The molecule has 0 saturated heterocycles. The zero-order valence-corrected chi connectivity index (χ0v) is 15.3. The fourth-order valence-corrected chi connectivity index (χ4v) is 5.59. The average molecular weight is 350 g/mol. The summed E-state index contributed by atoms with van der Waals surface area (Å²) >= 11 is 1.69. The Morgan fingerprint density at radius 1 is 1.08 bits per heavy atom. The van der Waals surface area contributed by atoms with E-state index in [1.807, 2.05) is 0 Å². The highest BCUT2D eigenvalue weighted by atomic mass is 32.1. The van der Waals surface area contributed by atoms with Gasteiger partial charge in [0.1, 0.15) is 5.82 Å². The van der Waals surface area contributed by atoms with Gasteiger partial charge in [0.15, 0.2) is 5.82 Å². The molecule has 0 aliphatic heterocycles. The van der Waals surface area contributed by atoms with Crippen molar-refractivity contribution in [1.82, 2.24) is 9.97 Å². The van der Waals surface area contributed by atoms with Crippen molar-refractivity contribution >= 4 is 28.1 Å². The molecule has 4 atom stereocenters. The minimum atomic E-state index is 0.463. The van der Waals surface area contributed by atoms with Crippen LogP contribution < -0.4 is 5.32 Å². The first-order valence-corrected chi connectivity index (χ1v) is 10.2. The van der Waals surface area contributed by atoms with E-state index >= 15 is 0 Å². The average Bonchev–Trinajstić information content (AvgIpc) is 3.39. The van der Waals surface area contributed by atoms with Crippen molar-refractivity contribution in [3.05, 3.63) is 41.8 Å². The van der Waals surface area contributed by atoms with Crippen molar-refractivity contribution in [1.29, 1.82) is 0 Å². The summed E-state index contributed by atoms with van der Waals surface area (Å²) < 4.78 is 0. The SMILES string of the molecule is C[C@H](Nc1nc(-c2cccs2)nc2ccccc12)[C@@H]1C[C@H]2CC[C@H]1C2.